The van der Waals surface area contributed by atoms with Gasteiger partial charge in [-0.05, 0) is 31.7 Å². The van der Waals surface area contributed by atoms with Crippen molar-refractivity contribution >= 4 is 17.5 Å². The summed E-state index contributed by atoms with van der Waals surface area (Å²) < 4.78 is 5.58. The van der Waals surface area contributed by atoms with E-state index in [-0.39, 0.29) is 5.91 Å². The first-order chi connectivity index (χ1) is 9.61. The van der Waals surface area contributed by atoms with Gasteiger partial charge in [0.1, 0.15) is 5.75 Å². The number of ether oxygens (including phenoxy) is 1. The maximum absolute atomic E-state index is 11.5. The molecule has 0 spiro atoms. The van der Waals surface area contributed by atoms with Gasteiger partial charge in [-0.25, -0.2) is 0 Å². The van der Waals surface area contributed by atoms with Gasteiger partial charge in [-0.1, -0.05) is 23.7 Å². The van der Waals surface area contributed by atoms with Crippen molar-refractivity contribution < 1.29 is 9.53 Å². The lowest BCUT2D eigenvalue weighted by atomic mass is 10.3. The fourth-order valence-electron chi connectivity index (χ4n) is 1.65. The molecule has 5 heteroatoms. The number of likely N-dealkylation sites (N-methyl/N-ethyl adjacent to an activating group) is 1. The Morgan fingerprint density at radius 1 is 1.55 bits per heavy atom. The van der Waals surface area contributed by atoms with Gasteiger partial charge in [-0.15, -0.1) is 6.58 Å². The van der Waals surface area contributed by atoms with Gasteiger partial charge < -0.3 is 10.1 Å². The van der Waals surface area contributed by atoms with Crippen LogP contribution in [0.1, 0.15) is 6.42 Å². The number of hydrogen-bond acceptors (Lipinski definition) is 3. The van der Waals surface area contributed by atoms with Crippen molar-refractivity contribution in [3.63, 3.8) is 0 Å². The van der Waals surface area contributed by atoms with E-state index in [4.69, 9.17) is 16.3 Å². The topological polar surface area (TPSA) is 41.6 Å². The average Bonchev–Trinajstić information content (AvgIpc) is 2.41. The summed E-state index contributed by atoms with van der Waals surface area (Å²) in [6.07, 6.45) is 2.51. The van der Waals surface area contributed by atoms with Gasteiger partial charge in [0.05, 0.1) is 13.2 Å². The summed E-state index contributed by atoms with van der Waals surface area (Å²) in [7, 11) is 1.91. The second-order valence-electron chi connectivity index (χ2n) is 4.49. The van der Waals surface area contributed by atoms with Crippen molar-refractivity contribution in [1.82, 2.24) is 10.2 Å². The largest absolute Gasteiger partial charge is 0.493 e. The Morgan fingerprint density at radius 2 is 2.35 bits per heavy atom. The minimum Gasteiger partial charge on any atom is -0.493 e. The summed E-state index contributed by atoms with van der Waals surface area (Å²) in [6.45, 7) is 5.83. The van der Waals surface area contributed by atoms with E-state index in [1.54, 1.807) is 12.1 Å². The highest BCUT2D eigenvalue weighted by Crippen LogP contribution is 2.17. The zero-order chi connectivity index (χ0) is 14.8. The summed E-state index contributed by atoms with van der Waals surface area (Å²) in [5.41, 5.74) is 0. The van der Waals surface area contributed by atoms with Gasteiger partial charge in [0.2, 0.25) is 5.91 Å². The first kappa shape index (κ1) is 16.5. The summed E-state index contributed by atoms with van der Waals surface area (Å²) in [5.74, 6) is 0.770. The molecule has 0 atom stereocenters. The summed E-state index contributed by atoms with van der Waals surface area (Å²) in [4.78, 5) is 13.4. The lowest BCUT2D eigenvalue weighted by Crippen LogP contribution is -2.35. The van der Waals surface area contributed by atoms with E-state index in [2.05, 4.69) is 11.9 Å². The molecule has 1 N–H and O–H groups in total. The Morgan fingerprint density at radius 3 is 3.05 bits per heavy atom. The molecule has 1 amide bonds. The Kier molecular flexibility index (Phi) is 7.77. The quantitative estimate of drug-likeness (QED) is 0.562. The second kappa shape index (κ2) is 9.39. The molecule has 0 bridgehead atoms. The molecule has 1 rings (SSSR count). The highest BCUT2D eigenvalue weighted by Gasteiger charge is 2.05. The molecule has 0 aliphatic heterocycles. The third-order valence-corrected chi connectivity index (χ3v) is 2.84. The van der Waals surface area contributed by atoms with Crippen LogP contribution >= 0.6 is 11.6 Å². The fourth-order valence-corrected chi connectivity index (χ4v) is 1.83. The SMILES string of the molecule is C=CCNC(=O)CN(C)CCCOc1cccc(Cl)c1. The van der Waals surface area contributed by atoms with E-state index < -0.39 is 0 Å². The van der Waals surface area contributed by atoms with Crippen LogP contribution in [0.3, 0.4) is 0 Å². The number of carbonyl (C=O) groups is 1. The smallest absolute Gasteiger partial charge is 0.234 e. The maximum Gasteiger partial charge on any atom is 0.234 e. The number of nitrogens with one attached hydrogen (secondary N) is 1. The summed E-state index contributed by atoms with van der Waals surface area (Å²) in [5, 5.41) is 3.41. The molecule has 1 aromatic carbocycles. The molecule has 0 saturated carbocycles. The predicted molar refractivity (Wildman–Crippen MR) is 82.3 cm³/mol. The standard InChI is InChI=1S/C15H21ClN2O2/c1-3-8-17-15(19)12-18(2)9-5-10-20-14-7-4-6-13(16)11-14/h3-4,6-7,11H,1,5,8-10,12H2,2H3,(H,17,19). The number of nitrogens with zero attached hydrogens (tertiary/aromatic N) is 1. The van der Waals surface area contributed by atoms with Gasteiger partial charge >= 0.3 is 0 Å². The van der Waals surface area contributed by atoms with E-state index >= 15 is 0 Å². The van der Waals surface area contributed by atoms with Crippen LogP contribution in [0.4, 0.5) is 0 Å². The van der Waals surface area contributed by atoms with Crippen molar-refractivity contribution in [2.75, 3.05) is 33.3 Å². The molecular formula is C15H21ClN2O2. The third-order valence-electron chi connectivity index (χ3n) is 2.61. The number of rotatable bonds is 9. The Labute approximate surface area is 125 Å². The van der Waals surface area contributed by atoms with Gasteiger partial charge in [0.15, 0.2) is 0 Å². The molecule has 0 aromatic heterocycles. The summed E-state index contributed by atoms with van der Waals surface area (Å²) >= 11 is 5.87. The average molecular weight is 297 g/mol. The van der Waals surface area contributed by atoms with Crippen molar-refractivity contribution in [3.8, 4) is 5.75 Å². The molecule has 4 nitrogen and oxygen atoms in total. The minimum absolute atomic E-state index is 0.00293. The zero-order valence-corrected chi connectivity index (χ0v) is 12.5. The van der Waals surface area contributed by atoms with Crippen LogP contribution in [-0.4, -0.2) is 44.1 Å². The predicted octanol–water partition coefficient (Wildman–Crippen LogP) is 2.34. The molecule has 1 aromatic rings. The van der Waals surface area contributed by atoms with Crippen LogP contribution in [0.15, 0.2) is 36.9 Å². The zero-order valence-electron chi connectivity index (χ0n) is 11.8. The van der Waals surface area contributed by atoms with Gasteiger partial charge in [0.25, 0.3) is 0 Å². The number of benzene rings is 1. The van der Waals surface area contributed by atoms with Crippen LogP contribution in [-0.2, 0) is 4.79 Å². The van der Waals surface area contributed by atoms with E-state index in [9.17, 15) is 4.79 Å². The van der Waals surface area contributed by atoms with Gasteiger partial charge in [0, 0.05) is 18.1 Å². The maximum atomic E-state index is 11.5. The van der Waals surface area contributed by atoms with Crippen molar-refractivity contribution in [3.05, 3.63) is 41.9 Å². The lowest BCUT2D eigenvalue weighted by molar-refractivity contribution is -0.121. The number of amides is 1. The number of carbonyl (C=O) groups excluding carboxylic acids is 1. The fraction of sp³-hybridized carbons (Fsp3) is 0.400. The van der Waals surface area contributed by atoms with Crippen molar-refractivity contribution in [2.24, 2.45) is 0 Å². The van der Waals surface area contributed by atoms with E-state index in [0.29, 0.717) is 24.7 Å². The molecule has 0 heterocycles. The van der Waals surface area contributed by atoms with Gasteiger partial charge in [-0.2, -0.15) is 0 Å². The highest BCUT2D eigenvalue weighted by atomic mass is 35.5. The second-order valence-corrected chi connectivity index (χ2v) is 4.93. The molecule has 20 heavy (non-hydrogen) atoms. The Balaban J connectivity index is 2.14. The molecule has 0 radical (unpaired) electrons. The molecular weight excluding hydrogens is 276 g/mol. The van der Waals surface area contributed by atoms with Crippen LogP contribution in [0.25, 0.3) is 0 Å². The lowest BCUT2D eigenvalue weighted by Gasteiger charge is -2.16. The molecule has 110 valence electrons. The Bertz CT molecular complexity index is 438. The van der Waals surface area contributed by atoms with Crippen LogP contribution in [0, 0.1) is 0 Å². The van der Waals surface area contributed by atoms with Crippen LogP contribution in [0.5, 0.6) is 5.75 Å². The molecule has 0 aliphatic carbocycles. The third kappa shape index (κ3) is 7.16. The molecule has 0 aliphatic rings. The summed E-state index contributed by atoms with van der Waals surface area (Å²) in [6, 6.07) is 7.32. The van der Waals surface area contributed by atoms with Crippen LogP contribution < -0.4 is 10.1 Å². The molecule has 0 unspecified atom stereocenters. The first-order valence-corrected chi connectivity index (χ1v) is 6.94. The van der Waals surface area contributed by atoms with Crippen molar-refractivity contribution in [1.29, 1.82) is 0 Å². The van der Waals surface area contributed by atoms with Gasteiger partial charge in [-0.3, -0.25) is 9.69 Å². The van der Waals surface area contributed by atoms with E-state index in [1.807, 2.05) is 30.1 Å². The van der Waals surface area contributed by atoms with E-state index in [0.717, 1.165) is 18.7 Å². The normalized spacial score (nSPS) is 10.3. The van der Waals surface area contributed by atoms with Crippen molar-refractivity contribution in [2.45, 2.75) is 6.42 Å². The monoisotopic (exact) mass is 296 g/mol. The Hall–Kier alpha value is -1.52. The highest BCUT2D eigenvalue weighted by molar-refractivity contribution is 6.30. The minimum atomic E-state index is 0.00293. The molecule has 0 fully saturated rings. The van der Waals surface area contributed by atoms with E-state index in [1.165, 1.54) is 0 Å². The molecule has 0 saturated heterocycles. The van der Waals surface area contributed by atoms with Crippen LogP contribution in [0.2, 0.25) is 5.02 Å². The number of hydrogen-bond donors (Lipinski definition) is 1. The number of halogens is 1. The first-order valence-electron chi connectivity index (χ1n) is 6.56.